The van der Waals surface area contributed by atoms with Gasteiger partial charge in [0.2, 0.25) is 5.91 Å². The molecule has 0 bridgehead atoms. The van der Waals surface area contributed by atoms with Gasteiger partial charge < -0.3 is 15.5 Å². The molecule has 6 nitrogen and oxygen atoms in total. The normalized spacial score (nSPS) is 10.3. The lowest BCUT2D eigenvalue weighted by Gasteiger charge is -2.21. The highest BCUT2D eigenvalue weighted by Gasteiger charge is 2.17. The smallest absolute Gasteiger partial charge is 0.258 e. The van der Waals surface area contributed by atoms with E-state index >= 15 is 0 Å². The minimum absolute atomic E-state index is 0.0791. The summed E-state index contributed by atoms with van der Waals surface area (Å²) in [5, 5.41) is 5.92. The van der Waals surface area contributed by atoms with Crippen LogP contribution in [0.4, 0.5) is 22.9 Å². The molecule has 0 aliphatic rings. The Kier molecular flexibility index (Phi) is 6.24. The van der Waals surface area contributed by atoms with Crippen molar-refractivity contribution in [3.8, 4) is 0 Å². The molecule has 2 amide bonds. The molecule has 6 heteroatoms. The zero-order chi connectivity index (χ0) is 20.8. The van der Waals surface area contributed by atoms with Crippen molar-refractivity contribution in [2.45, 2.75) is 20.8 Å². The number of rotatable bonds is 6. The molecule has 1 heterocycles. The van der Waals surface area contributed by atoms with Crippen molar-refractivity contribution in [3.05, 3.63) is 78.0 Å². The Bertz CT molecular complexity index is 1020. The fraction of sp³-hybridized carbons (Fsp3) is 0.174. The molecular formula is C23H24N4O2. The highest BCUT2D eigenvalue weighted by molar-refractivity contribution is 6.06. The second-order valence-electron chi connectivity index (χ2n) is 6.70. The van der Waals surface area contributed by atoms with Gasteiger partial charge in [-0.2, -0.15) is 0 Å². The molecule has 0 radical (unpaired) electrons. The highest BCUT2D eigenvalue weighted by Crippen LogP contribution is 2.21. The maximum Gasteiger partial charge on any atom is 0.258 e. The number of aromatic nitrogens is 1. The number of carbonyl (C=O) groups excluding carboxylic acids is 2. The number of anilines is 4. The molecular weight excluding hydrogens is 364 g/mol. The van der Waals surface area contributed by atoms with Crippen LogP contribution in [0.15, 0.2) is 66.9 Å². The molecule has 0 aliphatic carbocycles. The molecule has 2 aromatic carbocycles. The summed E-state index contributed by atoms with van der Waals surface area (Å²) in [6.07, 6.45) is 1.62. The Balaban J connectivity index is 1.77. The molecule has 0 aliphatic heterocycles. The van der Waals surface area contributed by atoms with Gasteiger partial charge in [-0.1, -0.05) is 12.1 Å². The monoisotopic (exact) mass is 388 g/mol. The summed E-state index contributed by atoms with van der Waals surface area (Å²) in [7, 11) is 0. The van der Waals surface area contributed by atoms with E-state index < -0.39 is 0 Å². The molecule has 0 spiro atoms. The summed E-state index contributed by atoms with van der Waals surface area (Å²) in [4.78, 5) is 30.2. The van der Waals surface area contributed by atoms with Crippen LogP contribution in [0.5, 0.6) is 0 Å². The first-order valence-electron chi connectivity index (χ1n) is 9.45. The number of hydrogen-bond donors (Lipinski definition) is 2. The fourth-order valence-corrected chi connectivity index (χ4v) is 3.02. The van der Waals surface area contributed by atoms with Crippen molar-refractivity contribution in [1.82, 2.24) is 4.98 Å². The van der Waals surface area contributed by atoms with Gasteiger partial charge in [0, 0.05) is 42.3 Å². The number of pyridine rings is 1. The number of amides is 2. The van der Waals surface area contributed by atoms with E-state index in [1.807, 2.05) is 50.2 Å². The van der Waals surface area contributed by atoms with Gasteiger partial charge in [0.05, 0.1) is 0 Å². The lowest BCUT2D eigenvalue weighted by Crippen LogP contribution is -2.30. The number of aryl methyl sites for hydroxylation is 1. The van der Waals surface area contributed by atoms with Gasteiger partial charge >= 0.3 is 0 Å². The van der Waals surface area contributed by atoms with E-state index in [0.717, 1.165) is 22.6 Å². The van der Waals surface area contributed by atoms with Gasteiger partial charge in [-0.15, -0.1) is 0 Å². The van der Waals surface area contributed by atoms with E-state index in [2.05, 4.69) is 15.6 Å². The predicted octanol–water partition coefficient (Wildman–Crippen LogP) is 4.76. The summed E-state index contributed by atoms with van der Waals surface area (Å²) in [6.45, 7) is 6.00. The van der Waals surface area contributed by atoms with E-state index in [1.165, 1.54) is 6.92 Å². The first kappa shape index (κ1) is 20.1. The van der Waals surface area contributed by atoms with Crippen LogP contribution in [0, 0.1) is 6.92 Å². The minimum Gasteiger partial charge on any atom is -0.340 e. The third kappa shape index (κ3) is 5.19. The van der Waals surface area contributed by atoms with Crippen molar-refractivity contribution in [2.24, 2.45) is 0 Å². The van der Waals surface area contributed by atoms with Crippen LogP contribution >= 0.6 is 0 Å². The Morgan fingerprint density at radius 1 is 1.00 bits per heavy atom. The number of nitrogens with zero attached hydrogens (tertiary/aromatic N) is 2. The molecule has 1 aromatic heterocycles. The van der Waals surface area contributed by atoms with Gasteiger partial charge in [0.1, 0.15) is 5.82 Å². The van der Waals surface area contributed by atoms with E-state index in [0.29, 0.717) is 17.9 Å². The van der Waals surface area contributed by atoms with Crippen LogP contribution in [0.2, 0.25) is 0 Å². The maximum absolute atomic E-state index is 13.1. The third-order valence-electron chi connectivity index (χ3n) is 4.36. The second kappa shape index (κ2) is 9.01. The molecule has 3 aromatic rings. The highest BCUT2D eigenvalue weighted by atomic mass is 16.2. The van der Waals surface area contributed by atoms with Gasteiger partial charge in [-0.3, -0.25) is 9.59 Å². The number of carbonyl (C=O) groups is 2. The average molecular weight is 388 g/mol. The van der Waals surface area contributed by atoms with Crippen molar-refractivity contribution in [1.29, 1.82) is 0 Å². The van der Waals surface area contributed by atoms with Crippen LogP contribution < -0.4 is 15.5 Å². The zero-order valence-electron chi connectivity index (χ0n) is 16.8. The van der Waals surface area contributed by atoms with Gasteiger partial charge in [0.25, 0.3) is 5.91 Å². The van der Waals surface area contributed by atoms with Gasteiger partial charge in [-0.25, -0.2) is 4.98 Å². The predicted molar refractivity (Wildman–Crippen MR) is 117 cm³/mol. The largest absolute Gasteiger partial charge is 0.340 e. The van der Waals surface area contributed by atoms with E-state index in [4.69, 9.17) is 0 Å². The molecule has 0 saturated heterocycles. The molecule has 0 atom stereocenters. The Hall–Kier alpha value is -3.67. The lowest BCUT2D eigenvalue weighted by atomic mass is 10.1. The zero-order valence-corrected chi connectivity index (χ0v) is 16.8. The number of nitrogens with one attached hydrogen (secondary N) is 2. The fourth-order valence-electron chi connectivity index (χ4n) is 3.02. The standard InChI is InChI=1S/C23H24N4O2/c1-4-27(21-7-5-6-16(2)14-21)23(29)18-12-13-24-22(15-18)26-20-10-8-19(9-11-20)25-17(3)28/h5-15H,4H2,1-3H3,(H,24,26)(H,25,28). The molecule has 0 saturated carbocycles. The minimum atomic E-state index is -0.118. The van der Waals surface area contributed by atoms with Gasteiger partial charge in [-0.05, 0) is 67.9 Å². The Morgan fingerprint density at radius 3 is 2.38 bits per heavy atom. The summed E-state index contributed by atoms with van der Waals surface area (Å²) < 4.78 is 0. The summed E-state index contributed by atoms with van der Waals surface area (Å²) in [5.41, 5.74) is 4.06. The van der Waals surface area contributed by atoms with Gasteiger partial charge in [0.15, 0.2) is 0 Å². The average Bonchev–Trinajstić information content (AvgIpc) is 2.70. The Morgan fingerprint density at radius 2 is 1.72 bits per heavy atom. The first-order chi connectivity index (χ1) is 14.0. The quantitative estimate of drug-likeness (QED) is 0.638. The van der Waals surface area contributed by atoms with Crippen LogP contribution in [0.3, 0.4) is 0 Å². The van der Waals surface area contributed by atoms with Crippen molar-refractivity contribution < 1.29 is 9.59 Å². The summed E-state index contributed by atoms with van der Waals surface area (Å²) in [5.74, 6) is 0.376. The third-order valence-corrected chi connectivity index (χ3v) is 4.36. The van der Waals surface area contributed by atoms with Crippen molar-refractivity contribution >= 4 is 34.7 Å². The van der Waals surface area contributed by atoms with Crippen LogP contribution in [0.25, 0.3) is 0 Å². The maximum atomic E-state index is 13.1. The SMILES string of the molecule is CCN(C(=O)c1ccnc(Nc2ccc(NC(C)=O)cc2)c1)c1cccc(C)c1. The molecule has 3 rings (SSSR count). The first-order valence-corrected chi connectivity index (χ1v) is 9.45. The van der Waals surface area contributed by atoms with E-state index in [1.54, 1.807) is 35.4 Å². The Labute approximate surface area is 170 Å². The second-order valence-corrected chi connectivity index (χ2v) is 6.70. The lowest BCUT2D eigenvalue weighted by molar-refractivity contribution is -0.114. The van der Waals surface area contributed by atoms with Crippen LogP contribution in [-0.4, -0.2) is 23.3 Å². The van der Waals surface area contributed by atoms with Crippen molar-refractivity contribution in [2.75, 3.05) is 22.1 Å². The summed E-state index contributed by atoms with van der Waals surface area (Å²) in [6, 6.07) is 18.6. The van der Waals surface area contributed by atoms with Crippen molar-refractivity contribution in [3.63, 3.8) is 0 Å². The van der Waals surface area contributed by atoms with Crippen LogP contribution in [-0.2, 0) is 4.79 Å². The number of hydrogen-bond acceptors (Lipinski definition) is 4. The van der Waals surface area contributed by atoms with Crippen LogP contribution in [0.1, 0.15) is 29.8 Å². The molecule has 0 fully saturated rings. The molecule has 2 N–H and O–H groups in total. The number of benzene rings is 2. The van der Waals surface area contributed by atoms with E-state index in [-0.39, 0.29) is 11.8 Å². The van der Waals surface area contributed by atoms with E-state index in [9.17, 15) is 9.59 Å². The molecule has 0 unspecified atom stereocenters. The molecule has 29 heavy (non-hydrogen) atoms. The summed E-state index contributed by atoms with van der Waals surface area (Å²) >= 11 is 0. The molecule has 148 valence electrons. The topological polar surface area (TPSA) is 74.3 Å².